The minimum absolute atomic E-state index is 0.298. The van der Waals surface area contributed by atoms with Crippen molar-refractivity contribution >= 4 is 22.6 Å². The van der Waals surface area contributed by atoms with Gasteiger partial charge in [-0.15, -0.1) is 0 Å². The molecular weight excluding hydrogens is 264 g/mol. The van der Waals surface area contributed by atoms with Gasteiger partial charge in [0.15, 0.2) is 0 Å². The molecule has 0 spiro atoms. The zero-order chi connectivity index (χ0) is 14.2. The first kappa shape index (κ1) is 12.6. The number of rotatable bonds is 2. The Bertz CT molecular complexity index is 774. The number of anilines is 1. The zero-order valence-corrected chi connectivity index (χ0v) is 11.8. The molecule has 3 aromatic rings. The van der Waals surface area contributed by atoms with E-state index in [1.807, 2.05) is 28.8 Å². The Kier molecular flexibility index (Phi) is 3.00. The summed E-state index contributed by atoms with van der Waals surface area (Å²) in [7, 11) is 0. The molecule has 0 unspecified atom stereocenters. The van der Waals surface area contributed by atoms with Gasteiger partial charge in [0.2, 0.25) is 5.78 Å². The van der Waals surface area contributed by atoms with Gasteiger partial charge in [-0.2, -0.15) is 4.98 Å². The molecular formula is C16H18N4O. The summed E-state index contributed by atoms with van der Waals surface area (Å²) < 4.78 is 2.03. The Balaban J connectivity index is 1.69. The summed E-state index contributed by atoms with van der Waals surface area (Å²) in [5.41, 5.74) is 2.06. The van der Waals surface area contributed by atoms with E-state index in [0.717, 1.165) is 48.6 Å². The van der Waals surface area contributed by atoms with Crippen molar-refractivity contribution in [1.29, 1.82) is 0 Å². The number of nitrogens with zero attached hydrogens (tertiary/aromatic N) is 4. The zero-order valence-electron chi connectivity index (χ0n) is 11.8. The molecule has 0 radical (unpaired) electrons. The average molecular weight is 282 g/mol. The normalized spacial score (nSPS) is 16.9. The van der Waals surface area contributed by atoms with Crippen LogP contribution in [0.3, 0.4) is 0 Å². The number of para-hydroxylation sites is 2. The van der Waals surface area contributed by atoms with E-state index in [-0.39, 0.29) is 0 Å². The first-order valence-corrected chi connectivity index (χ1v) is 7.45. The van der Waals surface area contributed by atoms with Crippen molar-refractivity contribution in [2.24, 2.45) is 5.92 Å². The quantitative estimate of drug-likeness (QED) is 0.782. The predicted molar refractivity (Wildman–Crippen MR) is 82.5 cm³/mol. The number of aliphatic hydroxyl groups is 1. The van der Waals surface area contributed by atoms with Crippen LogP contribution < -0.4 is 4.90 Å². The largest absolute Gasteiger partial charge is 0.396 e. The van der Waals surface area contributed by atoms with Crippen molar-refractivity contribution in [2.45, 2.75) is 12.8 Å². The van der Waals surface area contributed by atoms with Gasteiger partial charge < -0.3 is 10.0 Å². The topological polar surface area (TPSA) is 53.7 Å². The van der Waals surface area contributed by atoms with Gasteiger partial charge in [0.1, 0.15) is 5.82 Å². The van der Waals surface area contributed by atoms with Crippen molar-refractivity contribution in [2.75, 3.05) is 24.6 Å². The van der Waals surface area contributed by atoms with Crippen LogP contribution in [0.2, 0.25) is 0 Å². The number of aromatic nitrogens is 3. The number of hydrogen-bond acceptors (Lipinski definition) is 4. The highest BCUT2D eigenvalue weighted by Gasteiger charge is 2.20. The van der Waals surface area contributed by atoms with E-state index in [4.69, 9.17) is 4.98 Å². The summed E-state index contributed by atoms with van der Waals surface area (Å²) in [6, 6.07) is 10.1. The third-order valence-corrected chi connectivity index (χ3v) is 4.36. The summed E-state index contributed by atoms with van der Waals surface area (Å²) in [6.45, 7) is 2.20. The van der Waals surface area contributed by atoms with Crippen molar-refractivity contribution in [3.63, 3.8) is 0 Å². The molecule has 0 atom stereocenters. The molecule has 1 aliphatic heterocycles. The fourth-order valence-corrected chi connectivity index (χ4v) is 3.06. The van der Waals surface area contributed by atoms with E-state index in [1.165, 1.54) is 0 Å². The van der Waals surface area contributed by atoms with Crippen LogP contribution in [0.25, 0.3) is 16.8 Å². The van der Waals surface area contributed by atoms with E-state index in [2.05, 4.69) is 22.0 Å². The fourth-order valence-electron chi connectivity index (χ4n) is 3.06. The third kappa shape index (κ3) is 2.14. The molecule has 2 aromatic heterocycles. The van der Waals surface area contributed by atoms with Crippen LogP contribution in [-0.4, -0.2) is 39.2 Å². The Labute approximate surface area is 122 Å². The number of piperidine rings is 1. The lowest BCUT2D eigenvalue weighted by Gasteiger charge is -2.31. The summed E-state index contributed by atoms with van der Waals surface area (Å²) in [5.74, 6) is 2.17. The van der Waals surface area contributed by atoms with Crippen LogP contribution >= 0.6 is 0 Å². The number of imidazole rings is 1. The van der Waals surface area contributed by atoms with Gasteiger partial charge in [-0.1, -0.05) is 12.1 Å². The molecule has 0 amide bonds. The number of aliphatic hydroxyl groups excluding tert-OH is 1. The van der Waals surface area contributed by atoms with Crippen LogP contribution in [0.1, 0.15) is 12.8 Å². The maximum atomic E-state index is 9.22. The molecule has 108 valence electrons. The lowest BCUT2D eigenvalue weighted by Crippen LogP contribution is -2.35. The molecule has 5 nitrogen and oxygen atoms in total. The average Bonchev–Trinajstić information content (AvgIpc) is 2.92. The second-order valence-corrected chi connectivity index (χ2v) is 5.67. The summed E-state index contributed by atoms with van der Waals surface area (Å²) in [4.78, 5) is 11.6. The Morgan fingerprint density at radius 1 is 1.10 bits per heavy atom. The molecule has 1 aliphatic rings. The Hall–Kier alpha value is -2.14. The van der Waals surface area contributed by atoms with Crippen LogP contribution in [0, 0.1) is 5.92 Å². The molecule has 3 heterocycles. The second kappa shape index (κ2) is 5.00. The highest BCUT2D eigenvalue weighted by Crippen LogP contribution is 2.23. The number of hydrogen-bond donors (Lipinski definition) is 1. The lowest BCUT2D eigenvalue weighted by molar-refractivity contribution is 0.203. The molecule has 1 aromatic carbocycles. The molecule has 1 fully saturated rings. The monoisotopic (exact) mass is 282 g/mol. The molecule has 5 heteroatoms. The Morgan fingerprint density at radius 2 is 1.90 bits per heavy atom. The Morgan fingerprint density at radius 3 is 2.71 bits per heavy atom. The maximum Gasteiger partial charge on any atom is 0.236 e. The molecule has 1 N–H and O–H groups in total. The van der Waals surface area contributed by atoms with Crippen molar-refractivity contribution in [3.8, 4) is 0 Å². The SMILES string of the molecule is OCC1CCN(c2ccn3c(n2)nc2ccccc23)CC1. The van der Waals surface area contributed by atoms with E-state index in [0.29, 0.717) is 12.5 Å². The van der Waals surface area contributed by atoms with Crippen molar-refractivity contribution in [3.05, 3.63) is 36.5 Å². The van der Waals surface area contributed by atoms with Crippen LogP contribution in [-0.2, 0) is 0 Å². The van der Waals surface area contributed by atoms with Crippen LogP contribution in [0.5, 0.6) is 0 Å². The number of fused-ring (bicyclic) bond motifs is 3. The maximum absolute atomic E-state index is 9.22. The lowest BCUT2D eigenvalue weighted by atomic mass is 9.98. The van der Waals surface area contributed by atoms with Gasteiger partial charge in [-0.05, 0) is 37.0 Å². The summed E-state index contributed by atoms with van der Waals surface area (Å²) in [6.07, 6.45) is 4.10. The van der Waals surface area contributed by atoms with Gasteiger partial charge in [0, 0.05) is 25.9 Å². The first-order valence-electron chi connectivity index (χ1n) is 7.45. The minimum Gasteiger partial charge on any atom is -0.396 e. The third-order valence-electron chi connectivity index (χ3n) is 4.36. The standard InChI is InChI=1S/C16H18N4O/c21-11-12-5-8-19(9-6-12)15-7-10-20-14-4-2-1-3-13(14)17-16(20)18-15/h1-4,7,10,12,21H,5-6,8-9,11H2. The van der Waals surface area contributed by atoms with Crippen LogP contribution in [0.4, 0.5) is 5.82 Å². The van der Waals surface area contributed by atoms with E-state index in [1.54, 1.807) is 0 Å². The van der Waals surface area contributed by atoms with Gasteiger partial charge >= 0.3 is 0 Å². The predicted octanol–water partition coefficient (Wildman–Crippen LogP) is 2.09. The first-order chi connectivity index (χ1) is 10.3. The van der Waals surface area contributed by atoms with Crippen molar-refractivity contribution in [1.82, 2.24) is 14.4 Å². The molecule has 0 bridgehead atoms. The van der Waals surface area contributed by atoms with Gasteiger partial charge in [-0.3, -0.25) is 4.40 Å². The molecule has 0 aliphatic carbocycles. The fraction of sp³-hybridized carbons (Fsp3) is 0.375. The minimum atomic E-state index is 0.298. The smallest absolute Gasteiger partial charge is 0.236 e. The van der Waals surface area contributed by atoms with Crippen molar-refractivity contribution < 1.29 is 5.11 Å². The molecule has 1 saturated heterocycles. The summed E-state index contributed by atoms with van der Waals surface area (Å²) in [5, 5.41) is 9.22. The molecule has 0 saturated carbocycles. The highest BCUT2D eigenvalue weighted by atomic mass is 16.3. The highest BCUT2D eigenvalue weighted by molar-refractivity contribution is 5.79. The van der Waals surface area contributed by atoms with Crippen LogP contribution in [0.15, 0.2) is 36.5 Å². The van der Waals surface area contributed by atoms with E-state index in [9.17, 15) is 5.11 Å². The summed E-state index contributed by atoms with van der Waals surface area (Å²) >= 11 is 0. The van der Waals surface area contributed by atoms with E-state index < -0.39 is 0 Å². The van der Waals surface area contributed by atoms with E-state index >= 15 is 0 Å². The van der Waals surface area contributed by atoms with Gasteiger partial charge in [0.05, 0.1) is 11.0 Å². The van der Waals surface area contributed by atoms with Gasteiger partial charge in [-0.25, -0.2) is 4.98 Å². The number of benzene rings is 1. The second-order valence-electron chi connectivity index (χ2n) is 5.67. The molecule has 21 heavy (non-hydrogen) atoms. The van der Waals surface area contributed by atoms with Gasteiger partial charge in [0.25, 0.3) is 0 Å². The molecule has 4 rings (SSSR count).